The Morgan fingerprint density at radius 1 is 1.28 bits per heavy atom. The van der Waals surface area contributed by atoms with Crippen LogP contribution in [0.15, 0.2) is 48.0 Å². The highest BCUT2D eigenvalue weighted by Crippen LogP contribution is 2.40. The van der Waals surface area contributed by atoms with Crippen molar-refractivity contribution in [1.29, 1.82) is 5.26 Å². The minimum Gasteiger partial charge on any atom is -0.497 e. The predicted octanol–water partition coefficient (Wildman–Crippen LogP) is 5.79. The SMILES string of the molecule is CCCN1c2cc(F)c(/C=C(\C#N)C(=O)Nc3ccc(OC)cc3)cc2C(C)=CC1(C)C. The molecule has 0 aromatic heterocycles. The Kier molecular flexibility index (Phi) is 6.69. The molecule has 1 aliphatic heterocycles. The minimum atomic E-state index is -0.601. The molecule has 1 amide bonds. The summed E-state index contributed by atoms with van der Waals surface area (Å²) in [5.74, 6) is -0.421. The molecule has 5 nitrogen and oxygen atoms in total. The first-order valence-corrected chi connectivity index (χ1v) is 10.6. The van der Waals surface area contributed by atoms with Crippen LogP contribution in [0.3, 0.4) is 0 Å². The molecule has 0 radical (unpaired) electrons. The summed E-state index contributed by atoms with van der Waals surface area (Å²) in [4.78, 5) is 14.8. The number of ether oxygens (including phenoxy) is 1. The number of methoxy groups -OCH3 is 1. The molecule has 1 N–H and O–H groups in total. The van der Waals surface area contributed by atoms with Gasteiger partial charge >= 0.3 is 0 Å². The van der Waals surface area contributed by atoms with Gasteiger partial charge in [-0.05, 0) is 75.2 Å². The van der Waals surface area contributed by atoms with E-state index in [1.165, 1.54) is 12.1 Å². The molecule has 6 heteroatoms. The first-order chi connectivity index (χ1) is 15.2. The van der Waals surface area contributed by atoms with Crippen molar-refractivity contribution >= 4 is 28.9 Å². The van der Waals surface area contributed by atoms with Crippen molar-refractivity contribution in [2.45, 2.75) is 39.7 Å². The van der Waals surface area contributed by atoms with Gasteiger partial charge in [0.1, 0.15) is 23.2 Å². The number of allylic oxidation sites excluding steroid dienone is 1. The molecule has 0 bridgehead atoms. The van der Waals surface area contributed by atoms with Crippen LogP contribution in [0.25, 0.3) is 11.6 Å². The summed E-state index contributed by atoms with van der Waals surface area (Å²) in [7, 11) is 1.55. The van der Waals surface area contributed by atoms with Crippen molar-refractivity contribution < 1.29 is 13.9 Å². The highest BCUT2D eigenvalue weighted by molar-refractivity contribution is 6.09. The maximum Gasteiger partial charge on any atom is 0.266 e. The Hall–Kier alpha value is -3.59. The van der Waals surface area contributed by atoms with Crippen molar-refractivity contribution in [1.82, 2.24) is 0 Å². The summed E-state index contributed by atoms with van der Waals surface area (Å²) in [6, 6.07) is 11.8. The van der Waals surface area contributed by atoms with E-state index < -0.39 is 11.7 Å². The molecule has 0 atom stereocenters. The van der Waals surface area contributed by atoms with Gasteiger partial charge in [0.2, 0.25) is 0 Å². The van der Waals surface area contributed by atoms with Gasteiger partial charge in [-0.1, -0.05) is 13.0 Å². The van der Waals surface area contributed by atoms with Crippen LogP contribution in [0.5, 0.6) is 5.75 Å². The van der Waals surface area contributed by atoms with Gasteiger partial charge in [0.15, 0.2) is 0 Å². The molecule has 2 aromatic carbocycles. The number of amides is 1. The Morgan fingerprint density at radius 3 is 2.56 bits per heavy atom. The van der Waals surface area contributed by atoms with Gasteiger partial charge in [0.05, 0.1) is 12.6 Å². The molecule has 1 heterocycles. The number of fused-ring (bicyclic) bond motifs is 1. The van der Waals surface area contributed by atoms with E-state index in [1.54, 1.807) is 37.4 Å². The van der Waals surface area contributed by atoms with Gasteiger partial charge in [-0.3, -0.25) is 4.79 Å². The van der Waals surface area contributed by atoms with Gasteiger partial charge in [-0.25, -0.2) is 4.39 Å². The standard InChI is InChI=1S/C26H28FN3O2/c1-6-11-30-24-14-23(27)18(13-22(24)17(2)15-26(30,3)4)12-19(16-28)25(31)29-20-7-9-21(32-5)10-8-20/h7-10,12-15H,6,11H2,1-5H3,(H,29,31)/b19-12+. The monoisotopic (exact) mass is 433 g/mol. The van der Waals surface area contributed by atoms with E-state index in [0.717, 1.165) is 29.8 Å². The molecule has 3 rings (SSSR count). The van der Waals surface area contributed by atoms with Gasteiger partial charge in [0.25, 0.3) is 5.91 Å². The third-order valence-electron chi connectivity index (χ3n) is 5.56. The van der Waals surface area contributed by atoms with Crippen molar-refractivity contribution in [2.75, 3.05) is 23.9 Å². The molecule has 166 valence electrons. The van der Waals surface area contributed by atoms with E-state index >= 15 is 4.39 Å². The van der Waals surface area contributed by atoms with Crippen LogP contribution in [0, 0.1) is 17.1 Å². The largest absolute Gasteiger partial charge is 0.497 e. The van der Waals surface area contributed by atoms with E-state index in [2.05, 4.69) is 37.1 Å². The fourth-order valence-corrected chi connectivity index (χ4v) is 4.03. The normalized spacial score (nSPS) is 14.8. The van der Waals surface area contributed by atoms with E-state index in [1.807, 2.05) is 13.0 Å². The van der Waals surface area contributed by atoms with Crippen molar-refractivity contribution in [3.63, 3.8) is 0 Å². The van der Waals surface area contributed by atoms with Crippen LogP contribution < -0.4 is 15.0 Å². The molecule has 0 aliphatic carbocycles. The lowest BCUT2D eigenvalue weighted by Crippen LogP contribution is -2.45. The van der Waals surface area contributed by atoms with Crippen LogP contribution in [-0.2, 0) is 4.79 Å². The second-order valence-electron chi connectivity index (χ2n) is 8.38. The lowest BCUT2D eigenvalue weighted by atomic mass is 9.87. The number of hydrogen-bond donors (Lipinski definition) is 1. The predicted molar refractivity (Wildman–Crippen MR) is 127 cm³/mol. The Morgan fingerprint density at radius 2 is 1.97 bits per heavy atom. The number of nitrogens with zero attached hydrogens (tertiary/aromatic N) is 2. The number of rotatable bonds is 6. The fraction of sp³-hybridized carbons (Fsp3) is 0.308. The summed E-state index contributed by atoms with van der Waals surface area (Å²) >= 11 is 0. The second kappa shape index (κ2) is 9.27. The number of halogens is 1. The second-order valence-corrected chi connectivity index (χ2v) is 8.38. The summed E-state index contributed by atoms with van der Waals surface area (Å²) < 4.78 is 20.2. The maximum atomic E-state index is 15.1. The maximum absolute atomic E-state index is 15.1. The Balaban J connectivity index is 1.95. The molecule has 0 unspecified atom stereocenters. The van der Waals surface area contributed by atoms with Gasteiger partial charge in [-0.2, -0.15) is 5.26 Å². The van der Waals surface area contributed by atoms with Crippen molar-refractivity contribution in [3.8, 4) is 11.8 Å². The van der Waals surface area contributed by atoms with E-state index in [0.29, 0.717) is 11.4 Å². The van der Waals surface area contributed by atoms with Crippen LogP contribution in [0.2, 0.25) is 0 Å². The fourth-order valence-electron chi connectivity index (χ4n) is 4.03. The Labute approximate surface area is 188 Å². The number of anilines is 2. The molecule has 1 aliphatic rings. The summed E-state index contributed by atoms with van der Waals surface area (Å²) in [5.41, 5.74) is 3.07. The van der Waals surface area contributed by atoms with E-state index in [-0.39, 0.29) is 16.7 Å². The molecular formula is C26H28FN3O2. The van der Waals surface area contributed by atoms with Crippen LogP contribution in [-0.4, -0.2) is 25.1 Å². The zero-order chi connectivity index (χ0) is 23.5. The van der Waals surface area contributed by atoms with Gasteiger partial charge < -0.3 is 15.0 Å². The van der Waals surface area contributed by atoms with E-state index in [9.17, 15) is 10.1 Å². The molecule has 0 saturated heterocycles. The lowest BCUT2D eigenvalue weighted by molar-refractivity contribution is -0.112. The average Bonchev–Trinajstić information content (AvgIpc) is 2.75. The molecule has 0 saturated carbocycles. The highest BCUT2D eigenvalue weighted by Gasteiger charge is 2.31. The zero-order valence-electron chi connectivity index (χ0n) is 19.1. The lowest BCUT2D eigenvalue weighted by Gasteiger charge is -2.43. The van der Waals surface area contributed by atoms with Crippen molar-refractivity contribution in [3.05, 3.63) is 65.0 Å². The van der Waals surface area contributed by atoms with Gasteiger partial charge in [-0.15, -0.1) is 0 Å². The van der Waals surface area contributed by atoms with E-state index in [4.69, 9.17) is 4.74 Å². The Bertz CT molecular complexity index is 1120. The smallest absolute Gasteiger partial charge is 0.266 e. The average molecular weight is 434 g/mol. The summed E-state index contributed by atoms with van der Waals surface area (Å²) in [6.07, 6.45) is 4.40. The first-order valence-electron chi connectivity index (χ1n) is 10.6. The number of nitrogens with one attached hydrogen (secondary N) is 1. The third-order valence-corrected chi connectivity index (χ3v) is 5.56. The zero-order valence-corrected chi connectivity index (χ0v) is 19.1. The quantitative estimate of drug-likeness (QED) is 0.462. The van der Waals surface area contributed by atoms with Crippen LogP contribution in [0.1, 0.15) is 45.2 Å². The molecule has 0 fully saturated rings. The summed E-state index contributed by atoms with van der Waals surface area (Å²) in [6.45, 7) is 9.11. The number of hydrogen-bond acceptors (Lipinski definition) is 4. The number of benzene rings is 2. The first kappa shape index (κ1) is 23.1. The molecule has 2 aromatic rings. The van der Waals surface area contributed by atoms with Crippen LogP contribution >= 0.6 is 0 Å². The number of nitriles is 1. The minimum absolute atomic E-state index is 0.178. The highest BCUT2D eigenvalue weighted by atomic mass is 19.1. The summed E-state index contributed by atoms with van der Waals surface area (Å²) in [5, 5.41) is 12.2. The number of carbonyl (C=O) groups excluding carboxylic acids is 1. The molecule has 32 heavy (non-hydrogen) atoms. The van der Waals surface area contributed by atoms with Crippen LogP contribution in [0.4, 0.5) is 15.8 Å². The van der Waals surface area contributed by atoms with Gasteiger partial charge in [0, 0.05) is 29.0 Å². The topological polar surface area (TPSA) is 65.4 Å². The molecular weight excluding hydrogens is 405 g/mol. The third kappa shape index (κ3) is 4.67. The number of carbonyl (C=O) groups is 1. The van der Waals surface area contributed by atoms with Crippen molar-refractivity contribution in [2.24, 2.45) is 0 Å². The molecule has 0 spiro atoms.